The standard InChI is InChI=1S/C15H24O4/c1-15(2,3)19-14(18)12-7-4-9-8-10(13(16)17)5-6-11(9)12/h9-12H,4-8H2,1-3H3,(H,16,17)/t9-,10?,11+,12?/m0/s1. The molecule has 0 aromatic heterocycles. The number of carboxylic acid groups (broad SMARTS) is 1. The van der Waals surface area contributed by atoms with E-state index < -0.39 is 11.6 Å². The van der Waals surface area contributed by atoms with Crippen LogP contribution in [0.1, 0.15) is 52.9 Å². The highest BCUT2D eigenvalue weighted by Gasteiger charge is 2.45. The molecule has 2 aliphatic rings. The van der Waals surface area contributed by atoms with Gasteiger partial charge in [-0.2, -0.15) is 0 Å². The summed E-state index contributed by atoms with van der Waals surface area (Å²) in [7, 11) is 0. The van der Waals surface area contributed by atoms with E-state index in [4.69, 9.17) is 9.84 Å². The van der Waals surface area contributed by atoms with E-state index in [9.17, 15) is 9.59 Å². The van der Waals surface area contributed by atoms with E-state index in [2.05, 4.69) is 0 Å². The Kier molecular flexibility index (Phi) is 3.88. The molecule has 1 N–H and O–H groups in total. The number of carbonyl (C=O) groups is 2. The number of fused-ring (bicyclic) bond motifs is 1. The van der Waals surface area contributed by atoms with Gasteiger partial charge in [0.1, 0.15) is 5.60 Å². The molecule has 0 spiro atoms. The number of rotatable bonds is 2. The third kappa shape index (κ3) is 3.28. The maximum atomic E-state index is 12.2. The molecule has 108 valence electrons. The zero-order valence-electron chi connectivity index (χ0n) is 12.0. The molecule has 2 fully saturated rings. The van der Waals surface area contributed by atoms with Gasteiger partial charge in [0, 0.05) is 0 Å². The van der Waals surface area contributed by atoms with Crippen LogP contribution >= 0.6 is 0 Å². The second-order valence-electron chi connectivity index (χ2n) is 6.99. The Bertz CT molecular complexity index is 369. The highest BCUT2D eigenvalue weighted by Crippen LogP contribution is 2.48. The molecule has 0 aliphatic heterocycles. The minimum atomic E-state index is -0.681. The summed E-state index contributed by atoms with van der Waals surface area (Å²) >= 11 is 0. The molecule has 0 saturated heterocycles. The highest BCUT2D eigenvalue weighted by molar-refractivity contribution is 5.74. The van der Waals surface area contributed by atoms with Crippen molar-refractivity contribution in [1.82, 2.24) is 0 Å². The van der Waals surface area contributed by atoms with Gasteiger partial charge in [-0.25, -0.2) is 0 Å². The van der Waals surface area contributed by atoms with Gasteiger partial charge in [0.25, 0.3) is 0 Å². The fourth-order valence-corrected chi connectivity index (χ4v) is 3.65. The average Bonchev–Trinajstić information content (AvgIpc) is 2.68. The lowest BCUT2D eigenvalue weighted by atomic mass is 9.73. The molecule has 0 amide bonds. The van der Waals surface area contributed by atoms with Gasteiger partial charge in [0.15, 0.2) is 0 Å². The largest absolute Gasteiger partial charge is 0.481 e. The Morgan fingerprint density at radius 2 is 1.79 bits per heavy atom. The van der Waals surface area contributed by atoms with Gasteiger partial charge in [-0.3, -0.25) is 9.59 Å². The Morgan fingerprint density at radius 1 is 1.11 bits per heavy atom. The third-order valence-electron chi connectivity index (χ3n) is 4.47. The number of carboxylic acids is 1. The van der Waals surface area contributed by atoms with Crippen molar-refractivity contribution >= 4 is 11.9 Å². The molecule has 4 nitrogen and oxygen atoms in total. The smallest absolute Gasteiger partial charge is 0.309 e. The van der Waals surface area contributed by atoms with Crippen molar-refractivity contribution in [2.45, 2.75) is 58.5 Å². The second kappa shape index (κ2) is 5.14. The lowest BCUT2D eigenvalue weighted by Crippen LogP contribution is -2.34. The first-order valence-electron chi connectivity index (χ1n) is 7.23. The van der Waals surface area contributed by atoms with Gasteiger partial charge in [-0.1, -0.05) is 0 Å². The molecule has 4 atom stereocenters. The SMILES string of the molecule is CC(C)(C)OC(=O)C1CC[C@H]2CC(C(=O)O)CC[C@@H]12. The fourth-order valence-electron chi connectivity index (χ4n) is 3.65. The molecule has 2 saturated carbocycles. The molecule has 0 radical (unpaired) electrons. The minimum Gasteiger partial charge on any atom is -0.481 e. The van der Waals surface area contributed by atoms with E-state index in [0.717, 1.165) is 25.7 Å². The molecule has 2 unspecified atom stereocenters. The number of hydrogen-bond donors (Lipinski definition) is 1. The van der Waals surface area contributed by atoms with Crippen molar-refractivity contribution in [1.29, 1.82) is 0 Å². The topological polar surface area (TPSA) is 63.6 Å². The maximum Gasteiger partial charge on any atom is 0.309 e. The average molecular weight is 268 g/mol. The quantitative estimate of drug-likeness (QED) is 0.782. The molecule has 0 heterocycles. The second-order valence-corrected chi connectivity index (χ2v) is 6.99. The van der Waals surface area contributed by atoms with Gasteiger partial charge >= 0.3 is 11.9 Å². The van der Waals surface area contributed by atoms with Crippen LogP contribution in [0.5, 0.6) is 0 Å². The first kappa shape index (κ1) is 14.4. The number of ether oxygens (including phenoxy) is 1. The summed E-state index contributed by atoms with van der Waals surface area (Å²) in [6, 6.07) is 0. The van der Waals surface area contributed by atoms with E-state index in [1.165, 1.54) is 0 Å². The Balaban J connectivity index is 1.97. The summed E-state index contributed by atoms with van der Waals surface area (Å²) in [5.74, 6) is -0.261. The first-order chi connectivity index (χ1) is 8.78. The highest BCUT2D eigenvalue weighted by atomic mass is 16.6. The third-order valence-corrected chi connectivity index (χ3v) is 4.47. The number of aliphatic carboxylic acids is 1. The summed E-state index contributed by atoms with van der Waals surface area (Å²) in [4.78, 5) is 23.2. The van der Waals surface area contributed by atoms with Gasteiger partial charge < -0.3 is 9.84 Å². The van der Waals surface area contributed by atoms with E-state index in [0.29, 0.717) is 18.3 Å². The molecule has 2 rings (SSSR count). The van der Waals surface area contributed by atoms with E-state index in [1.54, 1.807) is 0 Å². The van der Waals surface area contributed by atoms with Crippen LogP contribution in [0.2, 0.25) is 0 Å². The lowest BCUT2D eigenvalue weighted by Gasteiger charge is -2.32. The van der Waals surface area contributed by atoms with Crippen molar-refractivity contribution in [2.24, 2.45) is 23.7 Å². The number of esters is 1. The predicted molar refractivity (Wildman–Crippen MR) is 70.5 cm³/mol. The molecule has 0 aromatic carbocycles. The monoisotopic (exact) mass is 268 g/mol. The summed E-state index contributed by atoms with van der Waals surface area (Å²) in [6.07, 6.45) is 4.12. The van der Waals surface area contributed by atoms with Crippen molar-refractivity contribution < 1.29 is 19.4 Å². The summed E-state index contributed by atoms with van der Waals surface area (Å²) in [5, 5.41) is 9.09. The molecule has 0 aromatic rings. The molecular weight excluding hydrogens is 244 g/mol. The van der Waals surface area contributed by atoms with Crippen molar-refractivity contribution in [3.8, 4) is 0 Å². The van der Waals surface area contributed by atoms with Crippen LogP contribution in [0.25, 0.3) is 0 Å². The molecule has 4 heteroatoms. The summed E-state index contributed by atoms with van der Waals surface area (Å²) in [6.45, 7) is 5.66. The van der Waals surface area contributed by atoms with Crippen LogP contribution < -0.4 is 0 Å². The van der Waals surface area contributed by atoms with Gasteiger partial charge in [0.05, 0.1) is 11.8 Å². The zero-order valence-corrected chi connectivity index (χ0v) is 12.0. The van der Waals surface area contributed by atoms with Gasteiger partial charge in [-0.05, 0) is 64.7 Å². The van der Waals surface area contributed by atoms with Crippen LogP contribution in [0.15, 0.2) is 0 Å². The number of carbonyl (C=O) groups excluding carboxylic acids is 1. The normalized spacial score (nSPS) is 34.7. The molecule has 19 heavy (non-hydrogen) atoms. The Morgan fingerprint density at radius 3 is 2.37 bits per heavy atom. The Hall–Kier alpha value is -1.06. The van der Waals surface area contributed by atoms with Crippen LogP contribution in [0.4, 0.5) is 0 Å². The van der Waals surface area contributed by atoms with Crippen LogP contribution in [0, 0.1) is 23.7 Å². The van der Waals surface area contributed by atoms with Crippen LogP contribution in [-0.2, 0) is 14.3 Å². The Labute approximate surface area is 114 Å². The predicted octanol–water partition coefficient (Wildman–Crippen LogP) is 2.86. The zero-order chi connectivity index (χ0) is 14.2. The van der Waals surface area contributed by atoms with E-state index in [1.807, 2.05) is 20.8 Å². The van der Waals surface area contributed by atoms with E-state index >= 15 is 0 Å². The summed E-state index contributed by atoms with van der Waals surface area (Å²) in [5.41, 5.74) is -0.437. The lowest BCUT2D eigenvalue weighted by molar-refractivity contribution is -0.162. The van der Waals surface area contributed by atoms with Gasteiger partial charge in [-0.15, -0.1) is 0 Å². The molecule has 0 bridgehead atoms. The first-order valence-corrected chi connectivity index (χ1v) is 7.23. The molecule has 2 aliphatic carbocycles. The van der Waals surface area contributed by atoms with Crippen molar-refractivity contribution in [2.75, 3.05) is 0 Å². The molecular formula is C15H24O4. The summed E-state index contributed by atoms with van der Waals surface area (Å²) < 4.78 is 5.49. The van der Waals surface area contributed by atoms with Gasteiger partial charge in [0.2, 0.25) is 0 Å². The number of hydrogen-bond acceptors (Lipinski definition) is 3. The van der Waals surface area contributed by atoms with Crippen molar-refractivity contribution in [3.05, 3.63) is 0 Å². The van der Waals surface area contributed by atoms with Crippen molar-refractivity contribution in [3.63, 3.8) is 0 Å². The fraction of sp³-hybridized carbons (Fsp3) is 0.867. The maximum absolute atomic E-state index is 12.2. The van der Waals surface area contributed by atoms with Crippen LogP contribution in [-0.4, -0.2) is 22.6 Å². The van der Waals surface area contributed by atoms with E-state index in [-0.39, 0.29) is 17.8 Å². The van der Waals surface area contributed by atoms with Crippen LogP contribution in [0.3, 0.4) is 0 Å². The minimum absolute atomic E-state index is 0.0148.